The van der Waals surface area contributed by atoms with Crippen LogP contribution in [0.25, 0.3) is 10.9 Å². The highest BCUT2D eigenvalue weighted by molar-refractivity contribution is 5.97. The predicted octanol–water partition coefficient (Wildman–Crippen LogP) is 1.78. The Hall–Kier alpha value is -1.88. The van der Waals surface area contributed by atoms with E-state index in [1.807, 2.05) is 18.2 Å². The molecular weight excluding hydrogens is 264 g/mol. The van der Waals surface area contributed by atoms with Gasteiger partial charge >= 0.3 is 0 Å². The number of rotatable bonds is 2. The van der Waals surface area contributed by atoms with Crippen LogP contribution in [0.5, 0.6) is 0 Å². The minimum absolute atomic E-state index is 0.0269. The summed E-state index contributed by atoms with van der Waals surface area (Å²) in [7, 11) is 0. The first kappa shape index (κ1) is 12.8. The summed E-state index contributed by atoms with van der Waals surface area (Å²) >= 11 is 0. The molecule has 3 aliphatic heterocycles. The molecule has 1 atom stereocenters. The van der Waals surface area contributed by atoms with Crippen molar-refractivity contribution in [2.45, 2.75) is 25.3 Å². The number of carbonyl (C=O) groups is 1. The molecule has 3 saturated heterocycles. The van der Waals surface area contributed by atoms with Gasteiger partial charge in [-0.05, 0) is 50.4 Å². The molecular formula is C16H20N4O. The SMILES string of the molecule is O=C(N[C@@H]1CC2CCN(CC2)C1)c1ccc2cn[nH]c2c1. The highest BCUT2D eigenvalue weighted by Crippen LogP contribution is 2.26. The Kier molecular flexibility index (Phi) is 3.15. The normalized spacial score (nSPS) is 28.5. The summed E-state index contributed by atoms with van der Waals surface area (Å²) in [6.07, 6.45) is 5.46. The smallest absolute Gasteiger partial charge is 0.251 e. The molecule has 21 heavy (non-hydrogen) atoms. The Morgan fingerprint density at radius 2 is 2.19 bits per heavy atom. The zero-order chi connectivity index (χ0) is 14.2. The average Bonchev–Trinajstić information content (AvgIpc) is 2.78. The van der Waals surface area contributed by atoms with E-state index in [1.165, 1.54) is 25.9 Å². The number of nitrogens with zero attached hydrogens (tertiary/aromatic N) is 2. The second-order valence-electron chi connectivity index (χ2n) is 6.32. The minimum atomic E-state index is 0.0269. The Balaban J connectivity index is 1.49. The van der Waals surface area contributed by atoms with Crippen molar-refractivity contribution in [3.8, 4) is 0 Å². The van der Waals surface area contributed by atoms with E-state index >= 15 is 0 Å². The summed E-state index contributed by atoms with van der Waals surface area (Å²) < 4.78 is 0. The van der Waals surface area contributed by atoms with Crippen LogP contribution in [0.4, 0.5) is 0 Å². The number of carbonyl (C=O) groups excluding carboxylic acids is 1. The number of aromatic nitrogens is 2. The van der Waals surface area contributed by atoms with Gasteiger partial charge in [0.25, 0.3) is 5.91 Å². The maximum Gasteiger partial charge on any atom is 0.251 e. The van der Waals surface area contributed by atoms with Gasteiger partial charge in [-0.2, -0.15) is 5.10 Å². The molecule has 1 aromatic heterocycles. The molecule has 2 aromatic rings. The fourth-order valence-electron chi connectivity index (χ4n) is 3.64. The molecule has 0 unspecified atom stereocenters. The molecule has 5 heteroatoms. The molecule has 3 fully saturated rings. The average molecular weight is 284 g/mol. The van der Waals surface area contributed by atoms with E-state index in [2.05, 4.69) is 20.4 Å². The summed E-state index contributed by atoms with van der Waals surface area (Å²) in [5.74, 6) is 0.808. The van der Waals surface area contributed by atoms with E-state index in [9.17, 15) is 4.79 Å². The van der Waals surface area contributed by atoms with Crippen molar-refractivity contribution < 1.29 is 4.79 Å². The van der Waals surface area contributed by atoms with E-state index in [0.29, 0.717) is 5.56 Å². The van der Waals surface area contributed by atoms with Crippen LogP contribution in [0.15, 0.2) is 24.4 Å². The largest absolute Gasteiger partial charge is 0.348 e. The Morgan fingerprint density at radius 3 is 3.05 bits per heavy atom. The highest BCUT2D eigenvalue weighted by Gasteiger charge is 2.29. The summed E-state index contributed by atoms with van der Waals surface area (Å²) in [6.45, 7) is 3.38. The number of fused-ring (bicyclic) bond motifs is 5. The molecule has 2 N–H and O–H groups in total. The number of amides is 1. The molecule has 0 radical (unpaired) electrons. The van der Waals surface area contributed by atoms with Crippen molar-refractivity contribution >= 4 is 16.8 Å². The van der Waals surface area contributed by atoms with Crippen molar-refractivity contribution in [2.24, 2.45) is 5.92 Å². The van der Waals surface area contributed by atoms with Gasteiger partial charge in [-0.15, -0.1) is 0 Å². The van der Waals surface area contributed by atoms with Crippen LogP contribution < -0.4 is 5.32 Å². The topological polar surface area (TPSA) is 61.0 Å². The van der Waals surface area contributed by atoms with E-state index in [1.54, 1.807) is 6.20 Å². The van der Waals surface area contributed by atoms with Crippen LogP contribution in [0, 0.1) is 5.92 Å². The van der Waals surface area contributed by atoms with Gasteiger partial charge in [-0.3, -0.25) is 9.89 Å². The third kappa shape index (κ3) is 2.53. The van der Waals surface area contributed by atoms with E-state index in [4.69, 9.17) is 0 Å². The van der Waals surface area contributed by atoms with Gasteiger partial charge in [-0.1, -0.05) is 6.07 Å². The van der Waals surface area contributed by atoms with Gasteiger partial charge in [-0.25, -0.2) is 0 Å². The quantitative estimate of drug-likeness (QED) is 0.883. The number of H-pyrrole nitrogens is 1. The zero-order valence-electron chi connectivity index (χ0n) is 12.0. The molecule has 5 rings (SSSR count). The number of nitrogens with one attached hydrogen (secondary N) is 2. The van der Waals surface area contributed by atoms with E-state index < -0.39 is 0 Å². The summed E-state index contributed by atoms with van der Waals surface area (Å²) in [4.78, 5) is 14.9. The van der Waals surface area contributed by atoms with Crippen molar-refractivity contribution in [3.05, 3.63) is 30.0 Å². The van der Waals surface area contributed by atoms with Crippen LogP contribution in [-0.4, -0.2) is 46.7 Å². The lowest BCUT2D eigenvalue weighted by atomic mass is 9.94. The molecule has 0 aliphatic carbocycles. The van der Waals surface area contributed by atoms with E-state index in [0.717, 1.165) is 29.8 Å². The van der Waals surface area contributed by atoms with Crippen LogP contribution in [0.1, 0.15) is 29.6 Å². The van der Waals surface area contributed by atoms with Crippen LogP contribution in [0.2, 0.25) is 0 Å². The lowest BCUT2D eigenvalue weighted by Crippen LogP contribution is -2.41. The van der Waals surface area contributed by atoms with Gasteiger partial charge in [0, 0.05) is 23.5 Å². The zero-order valence-corrected chi connectivity index (χ0v) is 12.0. The van der Waals surface area contributed by atoms with Crippen molar-refractivity contribution in [1.29, 1.82) is 0 Å². The standard InChI is InChI=1S/C16H20N4O/c21-16(12-1-2-13-9-17-19-15(13)8-12)18-14-7-11-3-5-20(10-14)6-4-11/h1-2,8-9,11,14H,3-7,10H2,(H,17,19)(H,18,21)/t14-/m1/s1. The molecule has 110 valence electrons. The highest BCUT2D eigenvalue weighted by atomic mass is 16.1. The third-order valence-corrected chi connectivity index (χ3v) is 4.84. The maximum absolute atomic E-state index is 12.5. The van der Waals surface area contributed by atoms with E-state index in [-0.39, 0.29) is 11.9 Å². The fourth-order valence-corrected chi connectivity index (χ4v) is 3.64. The first-order chi connectivity index (χ1) is 10.3. The second-order valence-corrected chi connectivity index (χ2v) is 6.32. The molecule has 1 aromatic carbocycles. The predicted molar refractivity (Wildman–Crippen MR) is 81.1 cm³/mol. The first-order valence-corrected chi connectivity index (χ1v) is 7.74. The second kappa shape index (κ2) is 5.15. The summed E-state index contributed by atoms with van der Waals surface area (Å²) in [5, 5.41) is 11.2. The third-order valence-electron chi connectivity index (χ3n) is 4.84. The lowest BCUT2D eigenvalue weighted by Gasteiger charge is -2.26. The van der Waals surface area contributed by atoms with Crippen molar-refractivity contribution in [2.75, 3.05) is 19.6 Å². The Morgan fingerprint density at radius 1 is 1.33 bits per heavy atom. The van der Waals surface area contributed by atoms with Gasteiger partial charge < -0.3 is 10.2 Å². The number of hydrogen-bond acceptors (Lipinski definition) is 3. The molecule has 3 aliphatic rings. The van der Waals surface area contributed by atoms with Crippen molar-refractivity contribution in [1.82, 2.24) is 20.4 Å². The summed E-state index contributed by atoms with van der Waals surface area (Å²) in [5.41, 5.74) is 1.62. The number of aromatic amines is 1. The van der Waals surface area contributed by atoms with Gasteiger partial charge in [0.15, 0.2) is 0 Å². The number of benzene rings is 1. The van der Waals surface area contributed by atoms with Gasteiger partial charge in [0.1, 0.15) is 0 Å². The van der Waals surface area contributed by atoms with Crippen LogP contribution in [0.3, 0.4) is 0 Å². The Labute approximate surface area is 123 Å². The molecule has 1 amide bonds. The first-order valence-electron chi connectivity index (χ1n) is 7.74. The Bertz CT molecular complexity index is 643. The number of piperidine rings is 1. The van der Waals surface area contributed by atoms with Crippen LogP contribution in [-0.2, 0) is 0 Å². The summed E-state index contributed by atoms with van der Waals surface area (Å²) in [6, 6.07) is 5.97. The molecule has 2 bridgehead atoms. The van der Waals surface area contributed by atoms with Gasteiger partial charge in [0.2, 0.25) is 0 Å². The monoisotopic (exact) mass is 284 g/mol. The minimum Gasteiger partial charge on any atom is -0.348 e. The molecule has 0 spiro atoms. The molecule has 0 saturated carbocycles. The lowest BCUT2D eigenvalue weighted by molar-refractivity contribution is 0.0929. The van der Waals surface area contributed by atoms with Crippen molar-refractivity contribution in [3.63, 3.8) is 0 Å². The molecule has 4 heterocycles. The fraction of sp³-hybridized carbons (Fsp3) is 0.500. The number of hydrogen-bond donors (Lipinski definition) is 2. The maximum atomic E-state index is 12.5. The molecule has 5 nitrogen and oxygen atoms in total. The van der Waals surface area contributed by atoms with Crippen LogP contribution >= 0.6 is 0 Å². The van der Waals surface area contributed by atoms with Gasteiger partial charge in [0.05, 0.1) is 11.7 Å².